The second kappa shape index (κ2) is 5.14. The Balaban J connectivity index is 2.42. The zero-order valence-corrected chi connectivity index (χ0v) is 11.1. The van der Waals surface area contributed by atoms with E-state index in [9.17, 15) is 4.79 Å². The van der Waals surface area contributed by atoms with Crippen LogP contribution in [0.2, 0.25) is 0 Å². The number of carboxylic acid groups (broad SMARTS) is 1. The van der Waals surface area contributed by atoms with Crippen LogP contribution in [0.5, 0.6) is 5.75 Å². The number of H-pyrrole nitrogens is 1. The van der Waals surface area contributed by atoms with Crippen molar-refractivity contribution in [3.05, 3.63) is 35.5 Å². The highest BCUT2D eigenvalue weighted by molar-refractivity contribution is 5.86. The highest BCUT2D eigenvalue weighted by Crippen LogP contribution is 2.31. The Bertz CT molecular complexity index is 602. The van der Waals surface area contributed by atoms with E-state index in [1.54, 1.807) is 7.11 Å². The van der Waals surface area contributed by atoms with Crippen LogP contribution >= 0.6 is 0 Å². The molecule has 0 saturated carbocycles. The number of carbonyl (C=O) groups is 1. The van der Waals surface area contributed by atoms with Gasteiger partial charge in [-0.1, -0.05) is 26.0 Å². The van der Waals surface area contributed by atoms with Gasteiger partial charge in [-0.3, -0.25) is 5.10 Å². The van der Waals surface area contributed by atoms with E-state index in [1.807, 2.05) is 18.2 Å². The number of benzene rings is 1. The van der Waals surface area contributed by atoms with Gasteiger partial charge in [0.25, 0.3) is 0 Å². The lowest BCUT2D eigenvalue weighted by atomic mass is 9.99. The third-order valence-corrected chi connectivity index (χ3v) is 2.96. The Morgan fingerprint density at radius 3 is 2.63 bits per heavy atom. The van der Waals surface area contributed by atoms with Gasteiger partial charge in [0.2, 0.25) is 0 Å². The minimum absolute atomic E-state index is 0.0712. The summed E-state index contributed by atoms with van der Waals surface area (Å²) in [5, 5.41) is 15.4. The van der Waals surface area contributed by atoms with Crippen LogP contribution in [-0.4, -0.2) is 28.4 Å². The van der Waals surface area contributed by atoms with Crippen LogP contribution in [0.4, 0.5) is 0 Å². The second-order valence-corrected chi connectivity index (χ2v) is 4.58. The monoisotopic (exact) mass is 260 g/mol. The Morgan fingerprint density at radius 2 is 2.11 bits per heavy atom. The zero-order chi connectivity index (χ0) is 14.0. The number of aromatic nitrogens is 2. The molecule has 0 bridgehead atoms. The van der Waals surface area contributed by atoms with Crippen LogP contribution < -0.4 is 4.74 Å². The van der Waals surface area contributed by atoms with Gasteiger partial charge in [0.05, 0.1) is 12.8 Å². The molecule has 0 atom stereocenters. The summed E-state index contributed by atoms with van der Waals surface area (Å²) in [4.78, 5) is 10.8. The molecule has 0 aliphatic rings. The topological polar surface area (TPSA) is 75.2 Å². The number of carboxylic acids is 1. The van der Waals surface area contributed by atoms with Crippen molar-refractivity contribution in [3.63, 3.8) is 0 Å². The number of methoxy groups -OCH3 is 1. The van der Waals surface area contributed by atoms with E-state index in [0.717, 1.165) is 16.9 Å². The fourth-order valence-electron chi connectivity index (χ4n) is 1.93. The maximum absolute atomic E-state index is 10.8. The highest BCUT2D eigenvalue weighted by Gasteiger charge is 2.12. The van der Waals surface area contributed by atoms with E-state index >= 15 is 0 Å². The molecule has 0 fully saturated rings. The SMILES string of the molecule is COc1cc(-c2cc(C(=O)O)[nH]n2)ccc1C(C)C. The number of aromatic amines is 1. The van der Waals surface area contributed by atoms with Crippen molar-refractivity contribution in [1.82, 2.24) is 10.2 Å². The maximum atomic E-state index is 10.8. The van der Waals surface area contributed by atoms with E-state index < -0.39 is 5.97 Å². The summed E-state index contributed by atoms with van der Waals surface area (Å²) >= 11 is 0. The van der Waals surface area contributed by atoms with Gasteiger partial charge < -0.3 is 9.84 Å². The second-order valence-electron chi connectivity index (χ2n) is 4.58. The van der Waals surface area contributed by atoms with Crippen molar-refractivity contribution in [1.29, 1.82) is 0 Å². The standard InChI is InChI=1S/C14H16N2O3/c1-8(2)10-5-4-9(6-13(10)19-3)11-7-12(14(17)18)16-15-11/h4-8H,1-3H3,(H,15,16)(H,17,18). The van der Waals surface area contributed by atoms with E-state index in [-0.39, 0.29) is 5.69 Å². The quantitative estimate of drug-likeness (QED) is 0.886. The molecule has 0 amide bonds. The number of hydrogen-bond acceptors (Lipinski definition) is 3. The maximum Gasteiger partial charge on any atom is 0.353 e. The van der Waals surface area contributed by atoms with Crippen LogP contribution in [0.3, 0.4) is 0 Å². The Kier molecular flexibility index (Phi) is 3.55. The largest absolute Gasteiger partial charge is 0.496 e. The predicted octanol–water partition coefficient (Wildman–Crippen LogP) is 2.91. The predicted molar refractivity (Wildman–Crippen MR) is 71.6 cm³/mol. The molecule has 0 unspecified atom stereocenters. The molecule has 5 heteroatoms. The average molecular weight is 260 g/mol. The summed E-state index contributed by atoms with van der Waals surface area (Å²) in [6.45, 7) is 4.18. The van der Waals surface area contributed by atoms with Crippen LogP contribution in [0.25, 0.3) is 11.3 Å². The van der Waals surface area contributed by atoms with Gasteiger partial charge in [0.1, 0.15) is 11.4 Å². The first-order valence-corrected chi connectivity index (χ1v) is 6.00. The smallest absolute Gasteiger partial charge is 0.353 e. The molecule has 1 aromatic carbocycles. The molecule has 2 aromatic rings. The number of ether oxygens (including phenoxy) is 1. The average Bonchev–Trinajstić information content (AvgIpc) is 2.87. The van der Waals surface area contributed by atoms with Gasteiger partial charge >= 0.3 is 5.97 Å². The van der Waals surface area contributed by atoms with Gasteiger partial charge in [0.15, 0.2) is 0 Å². The molecular formula is C14H16N2O3. The summed E-state index contributed by atoms with van der Waals surface area (Å²) in [5.74, 6) is 0.120. The summed E-state index contributed by atoms with van der Waals surface area (Å²) in [7, 11) is 1.62. The Morgan fingerprint density at radius 1 is 1.37 bits per heavy atom. The summed E-state index contributed by atoms with van der Waals surface area (Å²) < 4.78 is 5.37. The van der Waals surface area contributed by atoms with Crippen LogP contribution in [0.15, 0.2) is 24.3 Å². The lowest BCUT2D eigenvalue weighted by Crippen LogP contribution is -1.95. The summed E-state index contributed by atoms with van der Waals surface area (Å²) in [5.41, 5.74) is 2.60. The van der Waals surface area contributed by atoms with Crippen molar-refractivity contribution in [2.24, 2.45) is 0 Å². The van der Waals surface area contributed by atoms with Crippen molar-refractivity contribution in [2.45, 2.75) is 19.8 Å². The molecular weight excluding hydrogens is 244 g/mol. The summed E-state index contributed by atoms with van der Waals surface area (Å²) in [6.07, 6.45) is 0. The molecule has 0 saturated heterocycles. The Labute approximate surface area is 111 Å². The number of hydrogen-bond donors (Lipinski definition) is 2. The van der Waals surface area contributed by atoms with Crippen LogP contribution in [-0.2, 0) is 0 Å². The van der Waals surface area contributed by atoms with Crippen molar-refractivity contribution >= 4 is 5.97 Å². The lowest BCUT2D eigenvalue weighted by molar-refractivity contribution is 0.0690. The number of nitrogens with zero attached hydrogens (tertiary/aromatic N) is 1. The van der Waals surface area contributed by atoms with Gasteiger partial charge in [0, 0.05) is 5.56 Å². The van der Waals surface area contributed by atoms with E-state index in [0.29, 0.717) is 11.6 Å². The third kappa shape index (κ3) is 2.59. The molecule has 5 nitrogen and oxygen atoms in total. The molecule has 1 heterocycles. The van der Waals surface area contributed by atoms with E-state index in [2.05, 4.69) is 24.0 Å². The fourth-order valence-corrected chi connectivity index (χ4v) is 1.93. The highest BCUT2D eigenvalue weighted by atomic mass is 16.5. The molecule has 2 N–H and O–H groups in total. The molecule has 100 valence electrons. The van der Waals surface area contributed by atoms with Crippen molar-refractivity contribution in [2.75, 3.05) is 7.11 Å². The first-order valence-electron chi connectivity index (χ1n) is 6.00. The van der Waals surface area contributed by atoms with Crippen molar-refractivity contribution in [3.8, 4) is 17.0 Å². The minimum atomic E-state index is -1.02. The lowest BCUT2D eigenvalue weighted by Gasteiger charge is -2.12. The van der Waals surface area contributed by atoms with Crippen LogP contribution in [0, 0.1) is 0 Å². The molecule has 0 spiro atoms. The fraction of sp³-hybridized carbons (Fsp3) is 0.286. The first-order chi connectivity index (χ1) is 9.02. The molecule has 0 aliphatic heterocycles. The number of rotatable bonds is 4. The van der Waals surface area contributed by atoms with E-state index in [1.165, 1.54) is 6.07 Å². The number of nitrogens with one attached hydrogen (secondary N) is 1. The molecule has 2 rings (SSSR count). The third-order valence-electron chi connectivity index (χ3n) is 2.96. The summed E-state index contributed by atoms with van der Waals surface area (Å²) in [6, 6.07) is 7.27. The van der Waals surface area contributed by atoms with Gasteiger partial charge in [-0.25, -0.2) is 4.79 Å². The molecule has 0 radical (unpaired) electrons. The zero-order valence-electron chi connectivity index (χ0n) is 11.1. The normalized spacial score (nSPS) is 10.7. The molecule has 19 heavy (non-hydrogen) atoms. The van der Waals surface area contributed by atoms with Gasteiger partial charge in [-0.15, -0.1) is 0 Å². The molecule has 1 aromatic heterocycles. The van der Waals surface area contributed by atoms with Gasteiger partial charge in [-0.05, 0) is 23.6 Å². The van der Waals surface area contributed by atoms with Crippen LogP contribution in [0.1, 0.15) is 35.8 Å². The number of aromatic carboxylic acids is 1. The van der Waals surface area contributed by atoms with E-state index in [4.69, 9.17) is 9.84 Å². The first kappa shape index (κ1) is 13.1. The molecule has 0 aliphatic carbocycles. The Hall–Kier alpha value is -2.30. The van der Waals surface area contributed by atoms with Gasteiger partial charge in [-0.2, -0.15) is 5.10 Å². The minimum Gasteiger partial charge on any atom is -0.496 e. The van der Waals surface area contributed by atoms with Crippen molar-refractivity contribution < 1.29 is 14.6 Å².